The van der Waals surface area contributed by atoms with Gasteiger partial charge in [-0.15, -0.1) is 0 Å². The summed E-state index contributed by atoms with van der Waals surface area (Å²) in [4.78, 5) is 11.5. The van der Waals surface area contributed by atoms with E-state index in [4.69, 9.17) is 4.74 Å². The fraction of sp³-hybridized carbons (Fsp3) is 0.471. The minimum atomic E-state index is -0.453. The smallest absolute Gasteiger partial charge is 0.407 e. The fourth-order valence-corrected chi connectivity index (χ4v) is 2.64. The Morgan fingerprint density at radius 1 is 1.29 bits per heavy atom. The summed E-state index contributed by atoms with van der Waals surface area (Å²) in [6.45, 7) is 10.3. The van der Waals surface area contributed by atoms with Crippen LogP contribution in [0, 0.1) is 13.8 Å². The Morgan fingerprint density at radius 2 is 1.86 bits per heavy atom. The minimum Gasteiger partial charge on any atom is -0.444 e. The Labute approximate surface area is 135 Å². The van der Waals surface area contributed by atoms with E-state index in [-0.39, 0.29) is 6.09 Å². The number of aryl methyl sites for hydroxylation is 2. The molecule has 0 heterocycles. The average molecular weight is 354 g/mol. The zero-order chi connectivity index (χ0) is 16.0. The van der Waals surface area contributed by atoms with Gasteiger partial charge in [0, 0.05) is 11.0 Å². The van der Waals surface area contributed by atoms with Crippen LogP contribution < -0.4 is 5.32 Å². The molecule has 0 spiro atoms. The van der Waals surface area contributed by atoms with E-state index >= 15 is 0 Å². The van der Waals surface area contributed by atoms with Gasteiger partial charge in [-0.05, 0) is 69.9 Å². The molecule has 0 radical (unpaired) electrons. The van der Waals surface area contributed by atoms with Crippen LogP contribution in [-0.2, 0) is 4.74 Å². The van der Waals surface area contributed by atoms with Gasteiger partial charge in [0.1, 0.15) is 5.60 Å². The van der Waals surface area contributed by atoms with Crippen molar-refractivity contribution in [3.05, 3.63) is 39.4 Å². The molecule has 1 aromatic carbocycles. The second-order valence-electron chi connectivity index (χ2n) is 6.07. The number of nitrogens with one attached hydrogen (secondary N) is 1. The van der Waals surface area contributed by atoms with Crippen LogP contribution in [0.15, 0.2) is 22.7 Å². The molecule has 0 atom stereocenters. The zero-order valence-corrected chi connectivity index (χ0v) is 15.0. The van der Waals surface area contributed by atoms with Crippen molar-refractivity contribution in [2.24, 2.45) is 0 Å². The van der Waals surface area contributed by atoms with Crippen molar-refractivity contribution in [2.75, 3.05) is 6.54 Å². The largest absolute Gasteiger partial charge is 0.444 e. The summed E-state index contributed by atoms with van der Waals surface area (Å²) >= 11 is 3.49. The highest BCUT2D eigenvalue weighted by Crippen LogP contribution is 2.21. The number of hydrogen-bond acceptors (Lipinski definition) is 2. The molecule has 0 bridgehead atoms. The Morgan fingerprint density at radius 3 is 2.38 bits per heavy atom. The molecule has 1 rings (SSSR count). The maximum absolute atomic E-state index is 11.5. The zero-order valence-electron chi connectivity index (χ0n) is 13.4. The predicted octanol–water partition coefficient (Wildman–Crippen LogP) is 4.99. The number of carbonyl (C=O) groups is 1. The highest BCUT2D eigenvalue weighted by molar-refractivity contribution is 9.10. The van der Waals surface area contributed by atoms with E-state index in [1.807, 2.05) is 20.8 Å². The summed E-state index contributed by atoms with van der Waals surface area (Å²) in [5, 5.41) is 2.74. The molecule has 1 N–H and O–H groups in total. The van der Waals surface area contributed by atoms with E-state index in [9.17, 15) is 4.79 Å². The molecule has 1 aromatic rings. The number of carbonyl (C=O) groups excluding carboxylic acids is 1. The molecule has 116 valence electrons. The highest BCUT2D eigenvalue weighted by Gasteiger charge is 2.15. The van der Waals surface area contributed by atoms with Gasteiger partial charge in [0.2, 0.25) is 0 Å². The van der Waals surface area contributed by atoms with Crippen LogP contribution in [0.4, 0.5) is 4.79 Å². The monoisotopic (exact) mass is 353 g/mol. The quantitative estimate of drug-likeness (QED) is 0.774. The summed E-state index contributed by atoms with van der Waals surface area (Å²) < 4.78 is 6.27. The lowest BCUT2D eigenvalue weighted by molar-refractivity contribution is 0.0529. The molecule has 0 saturated carbocycles. The topological polar surface area (TPSA) is 38.3 Å². The fourth-order valence-electron chi connectivity index (χ4n) is 1.96. The van der Waals surface area contributed by atoms with Crippen LogP contribution >= 0.6 is 15.9 Å². The maximum atomic E-state index is 11.5. The van der Waals surface area contributed by atoms with Crippen molar-refractivity contribution in [2.45, 2.75) is 46.6 Å². The van der Waals surface area contributed by atoms with Crippen molar-refractivity contribution >= 4 is 28.1 Å². The van der Waals surface area contributed by atoms with Gasteiger partial charge >= 0.3 is 6.09 Å². The van der Waals surface area contributed by atoms with Gasteiger partial charge in [-0.1, -0.05) is 28.1 Å². The molecule has 3 nitrogen and oxygen atoms in total. The summed E-state index contributed by atoms with van der Waals surface area (Å²) in [7, 11) is 0. The highest BCUT2D eigenvalue weighted by atomic mass is 79.9. The lowest BCUT2D eigenvalue weighted by atomic mass is 10.0. The van der Waals surface area contributed by atoms with E-state index in [1.165, 1.54) is 16.7 Å². The third kappa shape index (κ3) is 6.80. The summed E-state index contributed by atoms with van der Waals surface area (Å²) in [5.74, 6) is 0. The minimum absolute atomic E-state index is 0.369. The molecule has 0 aromatic heterocycles. The van der Waals surface area contributed by atoms with Crippen molar-refractivity contribution in [3.63, 3.8) is 0 Å². The summed E-state index contributed by atoms with van der Waals surface area (Å²) in [6.07, 6.45) is 4.58. The standard InChI is InChI=1S/C17H24BrNO2/c1-12-10-14(18)11-13(2)15(12)8-6-7-9-19-16(20)21-17(3,4)5/h6,8,10-11H,7,9H2,1-5H3,(H,19,20). The normalized spacial score (nSPS) is 11.7. The van der Waals surface area contributed by atoms with Crippen LogP contribution in [0.5, 0.6) is 0 Å². The number of hydrogen-bond donors (Lipinski definition) is 1. The van der Waals surface area contributed by atoms with Gasteiger partial charge in [0.15, 0.2) is 0 Å². The number of rotatable bonds is 4. The second-order valence-corrected chi connectivity index (χ2v) is 6.99. The van der Waals surface area contributed by atoms with E-state index < -0.39 is 5.60 Å². The molecule has 0 aliphatic rings. The van der Waals surface area contributed by atoms with Crippen LogP contribution in [0.3, 0.4) is 0 Å². The summed E-state index contributed by atoms with van der Waals surface area (Å²) in [5.41, 5.74) is 3.25. The van der Waals surface area contributed by atoms with Crippen molar-refractivity contribution in [3.8, 4) is 0 Å². The lowest BCUT2D eigenvalue weighted by Gasteiger charge is -2.19. The Hall–Kier alpha value is -1.29. The molecular weight excluding hydrogens is 330 g/mol. The van der Waals surface area contributed by atoms with E-state index in [0.29, 0.717) is 6.54 Å². The van der Waals surface area contributed by atoms with Crippen molar-refractivity contribution in [1.82, 2.24) is 5.32 Å². The number of alkyl carbamates (subject to hydrolysis) is 1. The number of benzene rings is 1. The van der Waals surface area contributed by atoms with Gasteiger partial charge < -0.3 is 10.1 Å². The first-order chi connectivity index (χ1) is 9.69. The van der Waals surface area contributed by atoms with Gasteiger partial charge in [-0.3, -0.25) is 0 Å². The molecule has 0 unspecified atom stereocenters. The number of amides is 1. The van der Waals surface area contributed by atoms with Crippen LogP contribution in [0.25, 0.3) is 6.08 Å². The molecule has 1 amide bonds. The van der Waals surface area contributed by atoms with Gasteiger partial charge in [-0.25, -0.2) is 4.79 Å². The van der Waals surface area contributed by atoms with E-state index in [2.05, 4.69) is 59.4 Å². The molecule has 0 saturated heterocycles. The molecule has 4 heteroatoms. The average Bonchev–Trinajstić information content (AvgIpc) is 2.29. The van der Waals surface area contributed by atoms with E-state index in [0.717, 1.165) is 10.9 Å². The number of ether oxygens (including phenoxy) is 1. The molecule has 21 heavy (non-hydrogen) atoms. The molecule has 0 aliphatic heterocycles. The molecule has 0 fully saturated rings. The van der Waals surface area contributed by atoms with Crippen molar-refractivity contribution < 1.29 is 9.53 Å². The van der Waals surface area contributed by atoms with Crippen LogP contribution in [0.2, 0.25) is 0 Å². The van der Waals surface area contributed by atoms with Crippen molar-refractivity contribution in [1.29, 1.82) is 0 Å². The van der Waals surface area contributed by atoms with Crippen LogP contribution in [-0.4, -0.2) is 18.2 Å². The lowest BCUT2D eigenvalue weighted by Crippen LogP contribution is -2.32. The third-order valence-electron chi connectivity index (χ3n) is 2.82. The third-order valence-corrected chi connectivity index (χ3v) is 3.28. The SMILES string of the molecule is Cc1cc(Br)cc(C)c1C=CCCNC(=O)OC(C)(C)C. The van der Waals surface area contributed by atoms with Gasteiger partial charge in [-0.2, -0.15) is 0 Å². The van der Waals surface area contributed by atoms with Gasteiger partial charge in [0.05, 0.1) is 0 Å². The van der Waals surface area contributed by atoms with Gasteiger partial charge in [0.25, 0.3) is 0 Å². The first-order valence-electron chi connectivity index (χ1n) is 7.09. The first kappa shape index (κ1) is 17.8. The Kier molecular flexibility index (Phi) is 6.46. The molecule has 0 aliphatic carbocycles. The predicted molar refractivity (Wildman–Crippen MR) is 91.5 cm³/mol. The Balaban J connectivity index is 2.45. The maximum Gasteiger partial charge on any atom is 0.407 e. The summed E-state index contributed by atoms with van der Waals surface area (Å²) in [6, 6.07) is 4.21. The van der Waals surface area contributed by atoms with Crippen LogP contribution in [0.1, 0.15) is 43.9 Å². The first-order valence-corrected chi connectivity index (χ1v) is 7.88. The van der Waals surface area contributed by atoms with E-state index in [1.54, 1.807) is 0 Å². The Bertz CT molecular complexity index is 507. The molecular formula is C17H24BrNO2. The second kappa shape index (κ2) is 7.64. The number of halogens is 1.